The van der Waals surface area contributed by atoms with E-state index >= 15 is 9.59 Å². The zero-order valence-electron chi connectivity index (χ0n) is 32.0. The Hall–Kier alpha value is -5.29. The molecule has 2 amide bonds. The average molecular weight is 763 g/mol. The quantitative estimate of drug-likeness (QED) is 0.158. The molecule has 2 aliphatic heterocycles. The van der Waals surface area contributed by atoms with Crippen LogP contribution in [-0.2, 0) is 31.3 Å². The van der Waals surface area contributed by atoms with Crippen molar-refractivity contribution in [2.45, 2.75) is 39.4 Å². The van der Waals surface area contributed by atoms with Gasteiger partial charge in [-0.3, -0.25) is 14.5 Å². The molecule has 2 aliphatic rings. The van der Waals surface area contributed by atoms with Gasteiger partial charge in [-0.25, -0.2) is 0 Å². The number of aromatic nitrogens is 1. The summed E-state index contributed by atoms with van der Waals surface area (Å²) >= 11 is 6.87. The largest absolute Gasteiger partial charge is 0.508 e. The molecule has 1 saturated heterocycles. The summed E-state index contributed by atoms with van der Waals surface area (Å²) in [6.07, 6.45) is 2.61. The monoisotopic (exact) mass is 762 g/mol. The van der Waals surface area contributed by atoms with Crippen LogP contribution in [0.25, 0.3) is 11.1 Å². The van der Waals surface area contributed by atoms with Crippen LogP contribution < -0.4 is 14.4 Å². The van der Waals surface area contributed by atoms with E-state index in [9.17, 15) is 5.11 Å². The molecule has 11 heteroatoms. The van der Waals surface area contributed by atoms with Gasteiger partial charge in [0.25, 0.3) is 11.8 Å². The number of anilines is 1. The summed E-state index contributed by atoms with van der Waals surface area (Å²) in [5.74, 6) is 0.739. The molecular formula is C44H47ClN4O6. The van der Waals surface area contributed by atoms with Gasteiger partial charge in [-0.05, 0) is 90.6 Å². The second kappa shape index (κ2) is 16.2. The van der Waals surface area contributed by atoms with Crippen molar-refractivity contribution in [1.82, 2.24) is 14.4 Å². The topological polar surface area (TPSA) is 96.7 Å². The second-order valence-electron chi connectivity index (χ2n) is 14.3. The van der Waals surface area contributed by atoms with Gasteiger partial charge in [0.05, 0.1) is 50.1 Å². The third-order valence-electron chi connectivity index (χ3n) is 11.0. The van der Waals surface area contributed by atoms with Crippen LogP contribution in [0.15, 0.2) is 85.1 Å². The van der Waals surface area contributed by atoms with Crippen LogP contribution >= 0.6 is 11.6 Å². The molecule has 0 unspecified atom stereocenters. The molecule has 0 radical (unpaired) electrons. The van der Waals surface area contributed by atoms with Crippen molar-refractivity contribution >= 4 is 29.1 Å². The molecule has 0 saturated carbocycles. The summed E-state index contributed by atoms with van der Waals surface area (Å²) in [5.41, 5.74) is 7.42. The lowest BCUT2D eigenvalue weighted by Crippen LogP contribution is -2.52. The summed E-state index contributed by atoms with van der Waals surface area (Å²) in [7, 11) is 5.05. The first-order chi connectivity index (χ1) is 26.6. The molecule has 0 bridgehead atoms. The number of aromatic hydroxyl groups is 1. The highest BCUT2D eigenvalue weighted by Crippen LogP contribution is 2.40. The molecule has 1 aromatic heterocycles. The van der Waals surface area contributed by atoms with Gasteiger partial charge in [-0.1, -0.05) is 48.0 Å². The van der Waals surface area contributed by atoms with E-state index in [0.29, 0.717) is 70.7 Å². The van der Waals surface area contributed by atoms with Crippen molar-refractivity contribution < 1.29 is 28.9 Å². The van der Waals surface area contributed by atoms with Crippen molar-refractivity contribution in [2.75, 3.05) is 52.0 Å². The van der Waals surface area contributed by atoms with Gasteiger partial charge in [0, 0.05) is 62.4 Å². The van der Waals surface area contributed by atoms with Crippen LogP contribution in [0.1, 0.15) is 48.7 Å². The predicted molar refractivity (Wildman–Crippen MR) is 215 cm³/mol. The Morgan fingerprint density at radius 2 is 1.62 bits per heavy atom. The predicted octanol–water partition coefficient (Wildman–Crippen LogP) is 7.43. The van der Waals surface area contributed by atoms with Gasteiger partial charge in [0.1, 0.15) is 17.2 Å². The van der Waals surface area contributed by atoms with Crippen LogP contribution in [0.5, 0.6) is 17.2 Å². The second-order valence-corrected chi connectivity index (χ2v) is 14.7. The van der Waals surface area contributed by atoms with Gasteiger partial charge in [-0.15, -0.1) is 0 Å². The number of aryl methyl sites for hydroxylation is 1. The van der Waals surface area contributed by atoms with E-state index < -0.39 is 0 Å². The van der Waals surface area contributed by atoms with E-state index in [1.807, 2.05) is 60.8 Å². The van der Waals surface area contributed by atoms with Crippen molar-refractivity contribution in [2.24, 2.45) is 7.05 Å². The molecule has 1 N–H and O–H groups in total. The number of halogens is 1. The Morgan fingerprint density at radius 3 is 2.33 bits per heavy atom. The van der Waals surface area contributed by atoms with Gasteiger partial charge in [-0.2, -0.15) is 0 Å². The summed E-state index contributed by atoms with van der Waals surface area (Å²) in [5, 5.41) is 10.5. The van der Waals surface area contributed by atoms with E-state index in [1.54, 1.807) is 48.4 Å². The molecule has 3 heterocycles. The number of carbonyl (C=O) groups is 2. The van der Waals surface area contributed by atoms with Crippen molar-refractivity contribution in [3.63, 3.8) is 0 Å². The minimum absolute atomic E-state index is 0.0913. The molecule has 0 spiro atoms. The molecule has 10 nitrogen and oxygen atoms in total. The van der Waals surface area contributed by atoms with E-state index in [4.69, 9.17) is 25.8 Å². The molecule has 4 aromatic carbocycles. The van der Waals surface area contributed by atoms with Crippen LogP contribution in [0.2, 0.25) is 5.02 Å². The molecule has 1 fully saturated rings. The number of methoxy groups -OCH3 is 2. The Bertz CT molecular complexity index is 2210. The fraction of sp³-hybridized carbons (Fsp3) is 0.318. The van der Waals surface area contributed by atoms with Gasteiger partial charge < -0.3 is 33.7 Å². The molecule has 1 atom stereocenters. The number of fused-ring (bicyclic) bond motifs is 1. The van der Waals surface area contributed by atoms with Crippen molar-refractivity contribution in [1.29, 1.82) is 0 Å². The number of hydrogen-bond acceptors (Lipinski definition) is 7. The fourth-order valence-electron chi connectivity index (χ4n) is 7.81. The first kappa shape index (κ1) is 38.0. The standard InChI is InChI=1S/C44H47ClN4O6/c1-28-31(11-8-12-40(28)53-4)24-48(33-13-15-35(50)16-14-33)44(52)42-29(2)46(3)27-38(42)36-22-39(45)41(54-5)23-37(36)43(51)49-25-32-10-7-6-9-30(32)21-34(49)26-47-17-19-55-20-18-47/h6-16,22-23,27,34,50H,17-21,24-26H2,1-5H3/t34-/m0/s1. The third kappa shape index (κ3) is 7.67. The number of rotatable bonds is 10. The Morgan fingerprint density at radius 1 is 0.909 bits per heavy atom. The molecule has 0 aliphatic carbocycles. The SMILES string of the molecule is COc1cc(C(=O)N2Cc3ccccc3C[C@H]2CN2CCOCC2)c(-c2cn(C)c(C)c2C(=O)N(Cc2cccc(OC)c2C)c2ccc(O)cc2)cc1Cl. The lowest BCUT2D eigenvalue weighted by molar-refractivity contribution is 0.0193. The minimum Gasteiger partial charge on any atom is -0.508 e. The smallest absolute Gasteiger partial charge is 0.261 e. The normalized spacial score (nSPS) is 15.7. The summed E-state index contributed by atoms with van der Waals surface area (Å²) < 4.78 is 18.8. The number of phenols is 1. The number of phenolic OH excluding ortho intramolecular Hbond substituents is 1. The highest BCUT2D eigenvalue weighted by molar-refractivity contribution is 6.32. The van der Waals surface area contributed by atoms with Crippen LogP contribution in [0.3, 0.4) is 0 Å². The minimum atomic E-state index is -0.275. The van der Waals surface area contributed by atoms with Gasteiger partial charge >= 0.3 is 0 Å². The van der Waals surface area contributed by atoms with Crippen LogP contribution in [0, 0.1) is 13.8 Å². The Labute approximate surface area is 327 Å². The number of ether oxygens (including phenoxy) is 3. The number of carbonyl (C=O) groups excluding carboxylic acids is 2. The highest BCUT2D eigenvalue weighted by atomic mass is 35.5. The van der Waals surface area contributed by atoms with Crippen LogP contribution in [-0.4, -0.2) is 84.4 Å². The fourth-order valence-corrected chi connectivity index (χ4v) is 8.05. The maximum Gasteiger partial charge on any atom is 0.261 e. The summed E-state index contributed by atoms with van der Waals surface area (Å²) in [6.45, 7) is 8.20. The number of nitrogens with zero attached hydrogens (tertiary/aromatic N) is 4. The molecular weight excluding hydrogens is 716 g/mol. The zero-order valence-corrected chi connectivity index (χ0v) is 32.7. The molecule has 7 rings (SSSR count). The number of morpholine rings is 1. The third-order valence-corrected chi connectivity index (χ3v) is 11.3. The number of benzene rings is 4. The summed E-state index contributed by atoms with van der Waals surface area (Å²) in [4.78, 5) is 36.4. The lowest BCUT2D eigenvalue weighted by atomic mass is 9.91. The first-order valence-electron chi connectivity index (χ1n) is 18.5. The van der Waals surface area contributed by atoms with Crippen molar-refractivity contribution in [3.05, 3.63) is 129 Å². The maximum atomic E-state index is 15.2. The van der Waals surface area contributed by atoms with Gasteiger partial charge in [0.15, 0.2) is 0 Å². The summed E-state index contributed by atoms with van der Waals surface area (Å²) in [6, 6.07) is 24.0. The first-order valence-corrected chi connectivity index (χ1v) is 18.9. The highest BCUT2D eigenvalue weighted by Gasteiger charge is 2.35. The molecule has 55 heavy (non-hydrogen) atoms. The van der Waals surface area contributed by atoms with E-state index in [-0.39, 0.29) is 30.2 Å². The van der Waals surface area contributed by atoms with Crippen molar-refractivity contribution in [3.8, 4) is 28.4 Å². The Kier molecular flexibility index (Phi) is 11.2. The van der Waals surface area contributed by atoms with E-state index in [0.717, 1.165) is 42.0 Å². The average Bonchev–Trinajstić information content (AvgIpc) is 3.50. The number of amides is 2. The Balaban J connectivity index is 1.34. The number of hydrogen-bond donors (Lipinski definition) is 1. The van der Waals surface area contributed by atoms with E-state index in [1.165, 1.54) is 12.7 Å². The van der Waals surface area contributed by atoms with Crippen LogP contribution in [0.4, 0.5) is 5.69 Å². The lowest BCUT2D eigenvalue weighted by Gasteiger charge is -2.40. The van der Waals surface area contributed by atoms with Gasteiger partial charge in [0.2, 0.25) is 0 Å². The molecule has 5 aromatic rings. The van der Waals surface area contributed by atoms with E-state index in [2.05, 4.69) is 23.1 Å². The molecule has 286 valence electrons. The zero-order chi connectivity index (χ0) is 38.8. The maximum absolute atomic E-state index is 15.2.